The van der Waals surface area contributed by atoms with Gasteiger partial charge in [0.05, 0.1) is 17.1 Å². The Bertz CT molecular complexity index is 786. The molecule has 1 aromatic carbocycles. The summed E-state index contributed by atoms with van der Waals surface area (Å²) in [4.78, 5) is 26.8. The molecule has 7 nitrogen and oxygen atoms in total. The van der Waals surface area contributed by atoms with Crippen LogP contribution in [-0.2, 0) is 16.1 Å². The van der Waals surface area contributed by atoms with E-state index in [1.165, 1.54) is 11.8 Å². The number of carbonyl (C=O) groups is 2. The molecule has 2 aromatic rings. The first-order valence-electron chi connectivity index (χ1n) is 7.69. The van der Waals surface area contributed by atoms with Crippen molar-refractivity contribution in [1.29, 1.82) is 0 Å². The van der Waals surface area contributed by atoms with Crippen molar-refractivity contribution < 1.29 is 9.59 Å². The Kier molecular flexibility index (Phi) is 4.31. The zero-order valence-corrected chi connectivity index (χ0v) is 14.6. The van der Waals surface area contributed by atoms with E-state index in [4.69, 9.17) is 0 Å². The molecule has 3 rings (SSSR count). The number of hydrogen-bond donors (Lipinski definition) is 1. The average Bonchev–Trinajstić information content (AvgIpc) is 3.01. The lowest BCUT2D eigenvalue weighted by Gasteiger charge is -2.42. The van der Waals surface area contributed by atoms with Crippen LogP contribution in [0.15, 0.2) is 35.7 Å². The topological polar surface area (TPSA) is 80.1 Å². The lowest BCUT2D eigenvalue weighted by Crippen LogP contribution is -2.59. The van der Waals surface area contributed by atoms with Crippen LogP contribution in [0.2, 0.25) is 0 Å². The second-order valence-corrected chi connectivity index (χ2v) is 6.89. The molecule has 1 N–H and O–H groups in total. The fraction of sp³-hybridized carbons (Fsp3) is 0.375. The molecule has 0 spiro atoms. The SMILES string of the molecule is CCn1cnnc1SCC(=O)N1c2ccccc2NC(=O)C1(C)C. The van der Waals surface area contributed by atoms with Crippen molar-refractivity contribution >= 4 is 35.0 Å². The summed E-state index contributed by atoms with van der Waals surface area (Å²) >= 11 is 1.32. The Morgan fingerprint density at radius 2 is 2.08 bits per heavy atom. The van der Waals surface area contributed by atoms with Gasteiger partial charge in [-0.2, -0.15) is 0 Å². The van der Waals surface area contributed by atoms with E-state index < -0.39 is 5.54 Å². The van der Waals surface area contributed by atoms with E-state index in [2.05, 4.69) is 15.5 Å². The fourth-order valence-corrected chi connectivity index (χ4v) is 3.49. The van der Waals surface area contributed by atoms with E-state index in [0.717, 1.165) is 6.54 Å². The summed E-state index contributed by atoms with van der Waals surface area (Å²) in [7, 11) is 0. The highest BCUT2D eigenvalue weighted by Gasteiger charge is 2.43. The second kappa shape index (κ2) is 6.27. The number of amides is 2. The number of benzene rings is 1. The van der Waals surface area contributed by atoms with Gasteiger partial charge in [-0.15, -0.1) is 10.2 Å². The van der Waals surface area contributed by atoms with Crippen LogP contribution in [-0.4, -0.2) is 37.9 Å². The summed E-state index contributed by atoms with van der Waals surface area (Å²) in [6, 6.07) is 7.32. The van der Waals surface area contributed by atoms with Gasteiger partial charge in [-0.25, -0.2) is 0 Å². The van der Waals surface area contributed by atoms with E-state index in [0.29, 0.717) is 16.5 Å². The number of carbonyl (C=O) groups excluding carboxylic acids is 2. The molecule has 0 radical (unpaired) electrons. The molecule has 1 aliphatic heterocycles. The average molecular weight is 345 g/mol. The Labute approximate surface area is 144 Å². The maximum absolute atomic E-state index is 12.9. The summed E-state index contributed by atoms with van der Waals surface area (Å²) < 4.78 is 1.87. The minimum absolute atomic E-state index is 0.141. The number of para-hydroxylation sites is 2. The molecular weight excluding hydrogens is 326 g/mol. The van der Waals surface area contributed by atoms with Crippen LogP contribution >= 0.6 is 11.8 Å². The minimum Gasteiger partial charge on any atom is -0.322 e. The van der Waals surface area contributed by atoms with Gasteiger partial charge in [-0.3, -0.25) is 14.5 Å². The van der Waals surface area contributed by atoms with Crippen LogP contribution in [0.25, 0.3) is 0 Å². The van der Waals surface area contributed by atoms with E-state index >= 15 is 0 Å². The standard InChI is InChI=1S/C16H19N5O2S/c1-4-20-10-17-19-15(20)24-9-13(22)21-12-8-6-5-7-11(12)18-14(23)16(21,2)3/h5-8,10H,4,9H2,1-3H3,(H,18,23). The number of thioether (sulfide) groups is 1. The van der Waals surface area contributed by atoms with Crippen molar-refractivity contribution in [3.8, 4) is 0 Å². The molecule has 0 bridgehead atoms. The number of nitrogens with one attached hydrogen (secondary N) is 1. The predicted molar refractivity (Wildman–Crippen MR) is 93.1 cm³/mol. The first-order chi connectivity index (χ1) is 11.4. The van der Waals surface area contributed by atoms with Gasteiger partial charge in [0.15, 0.2) is 5.16 Å². The maximum atomic E-state index is 12.9. The monoisotopic (exact) mass is 345 g/mol. The number of nitrogens with zero attached hydrogens (tertiary/aromatic N) is 4. The van der Waals surface area contributed by atoms with E-state index in [9.17, 15) is 9.59 Å². The summed E-state index contributed by atoms with van der Waals surface area (Å²) in [6.07, 6.45) is 1.64. The minimum atomic E-state index is -0.954. The molecule has 0 saturated carbocycles. The van der Waals surface area contributed by atoms with Crippen LogP contribution in [0.1, 0.15) is 20.8 Å². The van der Waals surface area contributed by atoms with Gasteiger partial charge < -0.3 is 9.88 Å². The van der Waals surface area contributed by atoms with Gasteiger partial charge in [0.25, 0.3) is 0 Å². The van der Waals surface area contributed by atoms with Gasteiger partial charge in [0, 0.05) is 6.54 Å². The zero-order valence-electron chi connectivity index (χ0n) is 13.8. The number of fused-ring (bicyclic) bond motifs is 1. The van der Waals surface area contributed by atoms with Crippen molar-refractivity contribution in [2.45, 2.75) is 38.0 Å². The van der Waals surface area contributed by atoms with Gasteiger partial charge in [0.1, 0.15) is 11.9 Å². The first-order valence-corrected chi connectivity index (χ1v) is 8.68. The largest absolute Gasteiger partial charge is 0.322 e. The van der Waals surface area contributed by atoms with Crippen LogP contribution in [0, 0.1) is 0 Å². The molecular formula is C16H19N5O2S. The number of aryl methyl sites for hydroxylation is 1. The molecule has 126 valence electrons. The molecule has 0 atom stereocenters. The molecule has 2 amide bonds. The van der Waals surface area contributed by atoms with Crippen LogP contribution in [0.4, 0.5) is 11.4 Å². The molecule has 24 heavy (non-hydrogen) atoms. The van der Waals surface area contributed by atoms with Crippen LogP contribution in [0.5, 0.6) is 0 Å². The van der Waals surface area contributed by atoms with Crippen molar-refractivity contribution in [1.82, 2.24) is 14.8 Å². The van der Waals surface area contributed by atoms with Crippen molar-refractivity contribution in [2.75, 3.05) is 16.0 Å². The van der Waals surface area contributed by atoms with Crippen molar-refractivity contribution in [3.63, 3.8) is 0 Å². The summed E-state index contributed by atoms with van der Waals surface area (Å²) in [6.45, 7) is 6.22. The lowest BCUT2D eigenvalue weighted by molar-refractivity contribution is -0.125. The predicted octanol–water partition coefficient (Wildman–Crippen LogP) is 2.15. The highest BCUT2D eigenvalue weighted by molar-refractivity contribution is 7.99. The molecule has 1 aromatic heterocycles. The molecule has 8 heteroatoms. The molecule has 0 saturated heterocycles. The van der Waals surface area contributed by atoms with Crippen LogP contribution < -0.4 is 10.2 Å². The Morgan fingerprint density at radius 3 is 2.83 bits per heavy atom. The number of anilines is 2. The van der Waals surface area contributed by atoms with Crippen molar-refractivity contribution in [2.24, 2.45) is 0 Å². The molecule has 2 heterocycles. The summed E-state index contributed by atoms with van der Waals surface area (Å²) in [5, 5.41) is 11.4. The van der Waals surface area contributed by atoms with Gasteiger partial charge in [-0.05, 0) is 32.9 Å². The van der Waals surface area contributed by atoms with Gasteiger partial charge in [-0.1, -0.05) is 23.9 Å². The van der Waals surface area contributed by atoms with Gasteiger partial charge >= 0.3 is 0 Å². The Hall–Kier alpha value is -2.35. The third-order valence-electron chi connectivity index (χ3n) is 4.00. The first kappa shape index (κ1) is 16.5. The zero-order chi connectivity index (χ0) is 17.3. The highest BCUT2D eigenvalue weighted by Crippen LogP contribution is 2.37. The lowest BCUT2D eigenvalue weighted by atomic mass is 9.96. The maximum Gasteiger partial charge on any atom is 0.250 e. The normalized spacial score (nSPS) is 15.8. The fourth-order valence-electron chi connectivity index (χ4n) is 2.66. The molecule has 1 aliphatic rings. The molecule has 0 aliphatic carbocycles. The van der Waals surface area contributed by atoms with E-state index in [1.807, 2.05) is 29.7 Å². The van der Waals surface area contributed by atoms with Crippen LogP contribution in [0.3, 0.4) is 0 Å². The third kappa shape index (κ3) is 2.77. The Morgan fingerprint density at radius 1 is 1.33 bits per heavy atom. The number of hydrogen-bond acceptors (Lipinski definition) is 5. The summed E-state index contributed by atoms with van der Waals surface area (Å²) in [5.74, 6) is -0.154. The summed E-state index contributed by atoms with van der Waals surface area (Å²) in [5.41, 5.74) is 0.409. The number of aromatic nitrogens is 3. The third-order valence-corrected chi connectivity index (χ3v) is 4.97. The molecule has 0 unspecified atom stereocenters. The highest BCUT2D eigenvalue weighted by atomic mass is 32.2. The smallest absolute Gasteiger partial charge is 0.250 e. The van der Waals surface area contributed by atoms with E-state index in [-0.39, 0.29) is 17.6 Å². The second-order valence-electron chi connectivity index (χ2n) is 5.95. The number of rotatable bonds is 4. The Balaban J connectivity index is 1.86. The van der Waals surface area contributed by atoms with Gasteiger partial charge in [0.2, 0.25) is 11.8 Å². The quantitative estimate of drug-likeness (QED) is 0.859. The van der Waals surface area contributed by atoms with Crippen molar-refractivity contribution in [3.05, 3.63) is 30.6 Å². The molecule has 0 fully saturated rings. The van der Waals surface area contributed by atoms with E-state index in [1.54, 1.807) is 31.1 Å².